The maximum atomic E-state index is 12.1. The first kappa shape index (κ1) is 16.4. The van der Waals surface area contributed by atoms with E-state index in [2.05, 4.69) is 47.6 Å². The number of ketones is 1. The second-order valence-electron chi connectivity index (χ2n) is 6.01. The Morgan fingerprint density at radius 3 is 2.35 bits per heavy atom. The molecule has 17 heavy (non-hydrogen) atoms. The largest absolute Gasteiger partial charge is 0.299 e. The van der Waals surface area contributed by atoms with E-state index in [4.69, 9.17) is 0 Å². The van der Waals surface area contributed by atoms with E-state index >= 15 is 0 Å². The van der Waals surface area contributed by atoms with Gasteiger partial charge in [0.15, 0.2) is 0 Å². The molecule has 0 aliphatic rings. The predicted molar refractivity (Wildman–Crippen MR) is 76.1 cm³/mol. The van der Waals surface area contributed by atoms with Crippen molar-refractivity contribution in [3.05, 3.63) is 11.6 Å². The van der Waals surface area contributed by atoms with Crippen molar-refractivity contribution in [1.29, 1.82) is 0 Å². The summed E-state index contributed by atoms with van der Waals surface area (Å²) in [6.45, 7) is 12.8. The molecule has 0 N–H and O–H groups in total. The summed E-state index contributed by atoms with van der Waals surface area (Å²) >= 11 is 0. The molecule has 0 aromatic rings. The zero-order chi connectivity index (χ0) is 13.5. The van der Waals surface area contributed by atoms with Gasteiger partial charge in [-0.25, -0.2) is 0 Å². The molecule has 1 atom stereocenters. The van der Waals surface area contributed by atoms with Crippen LogP contribution in [0.5, 0.6) is 0 Å². The van der Waals surface area contributed by atoms with E-state index in [1.165, 1.54) is 5.57 Å². The molecule has 1 heteroatoms. The number of carbonyl (C=O) groups is 1. The Kier molecular flexibility index (Phi) is 7.41. The van der Waals surface area contributed by atoms with Gasteiger partial charge in [-0.15, -0.1) is 0 Å². The van der Waals surface area contributed by atoms with Crippen LogP contribution in [0.1, 0.15) is 73.6 Å². The normalized spacial score (nSPS) is 13.3. The highest BCUT2D eigenvalue weighted by molar-refractivity contribution is 5.84. The average molecular weight is 238 g/mol. The summed E-state index contributed by atoms with van der Waals surface area (Å²) < 4.78 is 0. The zero-order valence-corrected chi connectivity index (χ0v) is 12.6. The fraction of sp³-hybridized carbons (Fsp3) is 0.812. The summed E-state index contributed by atoms with van der Waals surface area (Å²) in [7, 11) is 0. The Hall–Kier alpha value is -0.590. The van der Waals surface area contributed by atoms with Crippen LogP contribution in [0.3, 0.4) is 0 Å². The fourth-order valence-electron chi connectivity index (χ4n) is 1.92. The molecule has 0 spiro atoms. The van der Waals surface area contributed by atoms with Crippen LogP contribution in [0, 0.1) is 11.3 Å². The maximum absolute atomic E-state index is 12.1. The Morgan fingerprint density at radius 1 is 1.29 bits per heavy atom. The molecule has 0 aromatic heterocycles. The number of carbonyl (C=O) groups excluding carboxylic acids is 1. The second-order valence-corrected chi connectivity index (χ2v) is 6.01. The van der Waals surface area contributed by atoms with E-state index < -0.39 is 0 Å². The van der Waals surface area contributed by atoms with Gasteiger partial charge in [-0.05, 0) is 39.0 Å². The molecule has 0 fully saturated rings. The van der Waals surface area contributed by atoms with Crippen molar-refractivity contribution in [3.63, 3.8) is 0 Å². The lowest BCUT2D eigenvalue weighted by molar-refractivity contribution is -0.129. The smallest absolute Gasteiger partial charge is 0.138 e. The number of allylic oxidation sites excluding steroid dienone is 2. The van der Waals surface area contributed by atoms with Crippen LogP contribution < -0.4 is 0 Å². The molecule has 0 saturated carbocycles. The summed E-state index contributed by atoms with van der Waals surface area (Å²) in [5.41, 5.74) is 1.21. The van der Waals surface area contributed by atoms with Crippen molar-refractivity contribution in [3.8, 4) is 0 Å². The van der Waals surface area contributed by atoms with Crippen molar-refractivity contribution >= 4 is 5.78 Å². The van der Waals surface area contributed by atoms with Crippen molar-refractivity contribution in [2.24, 2.45) is 11.3 Å². The first-order valence-corrected chi connectivity index (χ1v) is 6.99. The van der Waals surface area contributed by atoms with Crippen molar-refractivity contribution in [2.75, 3.05) is 0 Å². The molecule has 0 amide bonds. The van der Waals surface area contributed by atoms with Crippen LogP contribution in [0.2, 0.25) is 0 Å². The zero-order valence-electron chi connectivity index (χ0n) is 12.6. The summed E-state index contributed by atoms with van der Waals surface area (Å²) in [6, 6.07) is 0. The molecule has 0 aliphatic heterocycles. The molecular formula is C16H30O. The molecule has 100 valence electrons. The third-order valence-corrected chi connectivity index (χ3v) is 3.86. The Balaban J connectivity index is 4.27. The fourth-order valence-corrected chi connectivity index (χ4v) is 1.92. The summed E-state index contributed by atoms with van der Waals surface area (Å²) in [4.78, 5) is 12.1. The van der Waals surface area contributed by atoms with Crippen LogP contribution in [0.4, 0.5) is 0 Å². The summed E-state index contributed by atoms with van der Waals surface area (Å²) in [6.07, 6.45) is 7.35. The number of Topliss-reactive ketones (excluding diaryl/α,β-unsaturated/α-hetero) is 1. The molecule has 0 aromatic carbocycles. The van der Waals surface area contributed by atoms with E-state index in [1.54, 1.807) is 0 Å². The Morgan fingerprint density at radius 2 is 1.88 bits per heavy atom. The lowest BCUT2D eigenvalue weighted by Crippen LogP contribution is -2.31. The molecule has 0 bridgehead atoms. The highest BCUT2D eigenvalue weighted by atomic mass is 16.1. The van der Waals surface area contributed by atoms with E-state index in [0.29, 0.717) is 11.7 Å². The predicted octanol–water partition coefficient (Wildman–Crippen LogP) is 5.15. The van der Waals surface area contributed by atoms with Gasteiger partial charge in [0, 0.05) is 11.8 Å². The molecule has 0 rings (SSSR count). The first-order chi connectivity index (χ1) is 7.82. The highest BCUT2D eigenvalue weighted by Crippen LogP contribution is 2.33. The number of hydrogen-bond donors (Lipinski definition) is 0. The first-order valence-electron chi connectivity index (χ1n) is 6.99. The van der Waals surface area contributed by atoms with Crippen molar-refractivity contribution in [1.82, 2.24) is 0 Å². The minimum atomic E-state index is -0.162. The second kappa shape index (κ2) is 7.68. The van der Waals surface area contributed by atoms with E-state index in [9.17, 15) is 4.79 Å². The maximum Gasteiger partial charge on any atom is 0.138 e. The highest BCUT2D eigenvalue weighted by Gasteiger charge is 2.32. The number of hydrogen-bond acceptors (Lipinski definition) is 1. The molecule has 1 nitrogen and oxygen atoms in total. The van der Waals surface area contributed by atoms with Gasteiger partial charge in [-0.1, -0.05) is 45.8 Å². The van der Waals surface area contributed by atoms with Gasteiger partial charge in [0.1, 0.15) is 5.78 Å². The Bertz CT molecular complexity index is 257. The summed E-state index contributed by atoms with van der Waals surface area (Å²) in [5, 5.41) is 0. The molecule has 1 unspecified atom stereocenters. The molecular weight excluding hydrogens is 208 g/mol. The van der Waals surface area contributed by atoms with Gasteiger partial charge < -0.3 is 0 Å². The van der Waals surface area contributed by atoms with Gasteiger partial charge in [-0.3, -0.25) is 4.79 Å². The number of rotatable bonds is 8. The van der Waals surface area contributed by atoms with Gasteiger partial charge >= 0.3 is 0 Å². The van der Waals surface area contributed by atoms with Crippen LogP contribution in [-0.2, 0) is 4.79 Å². The number of unbranched alkanes of at least 4 members (excludes halogenated alkanes) is 1. The quantitative estimate of drug-likeness (QED) is 0.534. The standard InChI is InChI=1S/C16H30O/c1-7-8-12-15(17)16(5,6)14(4)11-9-10-13(2)3/h10,14H,7-9,11-12H2,1-6H3. The van der Waals surface area contributed by atoms with Gasteiger partial charge in [0.2, 0.25) is 0 Å². The molecule has 0 radical (unpaired) electrons. The third-order valence-electron chi connectivity index (χ3n) is 3.86. The SMILES string of the molecule is CCCCC(=O)C(C)(C)C(C)CCC=C(C)C. The van der Waals surface area contributed by atoms with Crippen LogP contribution in [0.25, 0.3) is 0 Å². The van der Waals surface area contributed by atoms with Crippen LogP contribution >= 0.6 is 0 Å². The monoisotopic (exact) mass is 238 g/mol. The molecule has 0 aliphatic carbocycles. The minimum Gasteiger partial charge on any atom is -0.299 e. The average Bonchev–Trinajstić information content (AvgIpc) is 2.24. The van der Waals surface area contributed by atoms with Gasteiger partial charge in [0.05, 0.1) is 0 Å². The lowest BCUT2D eigenvalue weighted by atomic mass is 9.73. The van der Waals surface area contributed by atoms with Gasteiger partial charge in [0.25, 0.3) is 0 Å². The van der Waals surface area contributed by atoms with E-state index in [-0.39, 0.29) is 5.41 Å². The topological polar surface area (TPSA) is 17.1 Å². The van der Waals surface area contributed by atoms with Crippen molar-refractivity contribution < 1.29 is 4.79 Å². The van der Waals surface area contributed by atoms with Gasteiger partial charge in [-0.2, -0.15) is 0 Å². The van der Waals surface area contributed by atoms with Crippen LogP contribution in [-0.4, -0.2) is 5.78 Å². The van der Waals surface area contributed by atoms with Crippen molar-refractivity contribution in [2.45, 2.75) is 73.6 Å². The minimum absolute atomic E-state index is 0.162. The van der Waals surface area contributed by atoms with E-state index in [1.807, 2.05) is 0 Å². The van der Waals surface area contributed by atoms with Crippen LogP contribution in [0.15, 0.2) is 11.6 Å². The molecule has 0 heterocycles. The lowest BCUT2D eigenvalue weighted by Gasteiger charge is -2.30. The molecule has 0 saturated heterocycles. The Labute approximate surface area is 108 Å². The summed E-state index contributed by atoms with van der Waals surface area (Å²) in [5.74, 6) is 0.895. The third kappa shape index (κ3) is 6.05. The van der Waals surface area contributed by atoms with E-state index in [0.717, 1.165) is 32.1 Å².